The highest BCUT2D eigenvalue weighted by molar-refractivity contribution is 5.33. The smallest absolute Gasteiger partial charge is 0.390 e. The molecule has 0 fully saturated rings. The molecule has 1 heterocycles. The van der Waals surface area contributed by atoms with Gasteiger partial charge in [-0.15, -0.1) is 0 Å². The van der Waals surface area contributed by atoms with Gasteiger partial charge in [0.2, 0.25) is 0 Å². The highest BCUT2D eigenvalue weighted by Crippen LogP contribution is 2.30. The van der Waals surface area contributed by atoms with Gasteiger partial charge >= 0.3 is 6.18 Å². The summed E-state index contributed by atoms with van der Waals surface area (Å²) in [7, 11) is 1.85. The third-order valence-electron chi connectivity index (χ3n) is 5.94. The highest BCUT2D eigenvalue weighted by Gasteiger charge is 2.32. The van der Waals surface area contributed by atoms with E-state index in [2.05, 4.69) is 66.4 Å². The standard InChI is InChI=1S/C27H30F3N3/c1-18-10-13-23(16-19(18)2)24(14-11-21-12-15-25(32-17-21)27(28,29)30)33-26(20(3)31-4)22-8-6-5-7-9-22/h5-10,12-13,15-17,24,26,31,33H,3,11,14H2,1-2,4H3/t24-,26+/m1/s1. The molecule has 2 aromatic carbocycles. The summed E-state index contributed by atoms with van der Waals surface area (Å²) in [5.74, 6) is 0. The molecule has 33 heavy (non-hydrogen) atoms. The van der Waals surface area contributed by atoms with E-state index in [1.54, 1.807) is 0 Å². The van der Waals surface area contributed by atoms with Crippen molar-refractivity contribution in [3.8, 4) is 0 Å². The SMILES string of the molecule is C=C(NC)[C@H](N[C@H](CCc1ccc(C(F)(F)F)nc1)c1ccc(C)c(C)c1)c1ccccc1. The first-order chi connectivity index (χ1) is 15.7. The second-order valence-electron chi connectivity index (χ2n) is 8.27. The first kappa shape index (κ1) is 24.5. The van der Waals surface area contributed by atoms with Crippen LogP contribution in [-0.2, 0) is 12.6 Å². The molecular formula is C27H30F3N3. The Morgan fingerprint density at radius 2 is 1.70 bits per heavy atom. The third kappa shape index (κ3) is 6.45. The summed E-state index contributed by atoms with van der Waals surface area (Å²) in [4.78, 5) is 3.61. The van der Waals surface area contributed by atoms with Crippen LogP contribution < -0.4 is 10.6 Å². The molecule has 0 unspecified atom stereocenters. The molecule has 0 spiro atoms. The lowest BCUT2D eigenvalue weighted by Gasteiger charge is -2.28. The molecule has 3 rings (SSSR count). The van der Waals surface area contributed by atoms with Gasteiger partial charge in [-0.05, 0) is 60.6 Å². The number of nitrogens with zero attached hydrogens (tertiary/aromatic N) is 1. The molecule has 174 valence electrons. The van der Waals surface area contributed by atoms with E-state index in [4.69, 9.17) is 0 Å². The summed E-state index contributed by atoms with van der Waals surface area (Å²) in [6.45, 7) is 8.34. The van der Waals surface area contributed by atoms with E-state index >= 15 is 0 Å². The molecule has 2 N–H and O–H groups in total. The average molecular weight is 454 g/mol. The maximum Gasteiger partial charge on any atom is 0.433 e. The van der Waals surface area contributed by atoms with E-state index in [0.29, 0.717) is 12.8 Å². The number of hydrogen-bond donors (Lipinski definition) is 2. The van der Waals surface area contributed by atoms with Crippen molar-refractivity contribution in [3.05, 3.63) is 113 Å². The fourth-order valence-electron chi connectivity index (χ4n) is 3.77. The van der Waals surface area contributed by atoms with Crippen molar-refractivity contribution in [1.29, 1.82) is 0 Å². The molecule has 3 aromatic rings. The maximum atomic E-state index is 12.9. The van der Waals surface area contributed by atoms with Crippen molar-refractivity contribution in [2.75, 3.05) is 7.05 Å². The summed E-state index contributed by atoms with van der Waals surface area (Å²) >= 11 is 0. The number of alkyl halides is 3. The molecule has 0 saturated carbocycles. The Kier molecular flexibility index (Phi) is 7.92. The van der Waals surface area contributed by atoms with Gasteiger partial charge < -0.3 is 5.32 Å². The number of likely N-dealkylation sites (N-methyl/N-ethyl adjacent to an activating group) is 1. The van der Waals surface area contributed by atoms with Gasteiger partial charge in [-0.3, -0.25) is 10.3 Å². The van der Waals surface area contributed by atoms with Crippen molar-refractivity contribution < 1.29 is 13.2 Å². The Hall–Kier alpha value is -3.12. The first-order valence-corrected chi connectivity index (χ1v) is 11.0. The average Bonchev–Trinajstić information content (AvgIpc) is 2.81. The van der Waals surface area contributed by atoms with Crippen LogP contribution >= 0.6 is 0 Å². The molecular weight excluding hydrogens is 423 g/mol. The fourth-order valence-corrected chi connectivity index (χ4v) is 3.77. The van der Waals surface area contributed by atoms with Crippen LogP contribution in [-0.4, -0.2) is 12.0 Å². The molecule has 0 bridgehead atoms. The lowest BCUT2D eigenvalue weighted by atomic mass is 9.94. The van der Waals surface area contributed by atoms with Gasteiger partial charge in [-0.1, -0.05) is 61.2 Å². The molecule has 3 nitrogen and oxygen atoms in total. The van der Waals surface area contributed by atoms with Crippen molar-refractivity contribution in [2.45, 2.75) is 44.9 Å². The molecule has 0 aliphatic rings. The lowest BCUT2D eigenvalue weighted by molar-refractivity contribution is -0.141. The summed E-state index contributed by atoms with van der Waals surface area (Å²) in [6, 6.07) is 18.8. The molecule has 2 atom stereocenters. The first-order valence-electron chi connectivity index (χ1n) is 11.0. The Labute approximate surface area is 193 Å². The van der Waals surface area contributed by atoms with E-state index in [1.807, 2.05) is 25.2 Å². The minimum Gasteiger partial charge on any atom is -0.390 e. The Bertz CT molecular complexity index is 1060. The molecule has 0 amide bonds. The van der Waals surface area contributed by atoms with Gasteiger partial charge in [0, 0.05) is 25.0 Å². The third-order valence-corrected chi connectivity index (χ3v) is 5.94. The predicted octanol–water partition coefficient (Wildman–Crippen LogP) is 6.46. The van der Waals surface area contributed by atoms with Crippen LogP contribution in [0.3, 0.4) is 0 Å². The van der Waals surface area contributed by atoms with Crippen LogP contribution in [0, 0.1) is 13.8 Å². The number of aryl methyl sites for hydroxylation is 3. The zero-order valence-corrected chi connectivity index (χ0v) is 19.2. The minimum absolute atomic E-state index is 0.0399. The fraction of sp³-hybridized carbons (Fsp3) is 0.296. The van der Waals surface area contributed by atoms with Crippen LogP contribution in [0.2, 0.25) is 0 Å². The van der Waals surface area contributed by atoms with Crippen LogP contribution in [0.1, 0.15) is 52.0 Å². The van der Waals surface area contributed by atoms with Crippen molar-refractivity contribution in [1.82, 2.24) is 15.6 Å². The van der Waals surface area contributed by atoms with Gasteiger partial charge in [-0.25, -0.2) is 0 Å². The Balaban J connectivity index is 1.87. The molecule has 1 aromatic heterocycles. The van der Waals surface area contributed by atoms with Gasteiger partial charge in [-0.2, -0.15) is 13.2 Å². The normalized spacial score (nSPS) is 13.4. The quantitative estimate of drug-likeness (QED) is 0.391. The molecule has 0 saturated heterocycles. The Morgan fingerprint density at radius 3 is 2.27 bits per heavy atom. The van der Waals surface area contributed by atoms with E-state index in [1.165, 1.54) is 23.4 Å². The van der Waals surface area contributed by atoms with Gasteiger partial charge in [0.25, 0.3) is 0 Å². The van der Waals surface area contributed by atoms with Crippen molar-refractivity contribution in [2.24, 2.45) is 0 Å². The summed E-state index contributed by atoms with van der Waals surface area (Å²) in [5.41, 5.74) is 5.35. The zero-order valence-electron chi connectivity index (χ0n) is 19.2. The lowest BCUT2D eigenvalue weighted by Crippen LogP contribution is -2.31. The number of benzene rings is 2. The molecule has 0 aliphatic heterocycles. The second-order valence-corrected chi connectivity index (χ2v) is 8.27. The number of aromatic nitrogens is 1. The van der Waals surface area contributed by atoms with Crippen molar-refractivity contribution in [3.63, 3.8) is 0 Å². The number of nitrogens with one attached hydrogen (secondary N) is 2. The topological polar surface area (TPSA) is 37.0 Å². The number of rotatable bonds is 9. The monoisotopic (exact) mass is 453 g/mol. The maximum absolute atomic E-state index is 12.9. The molecule has 6 heteroatoms. The van der Waals surface area contributed by atoms with E-state index in [9.17, 15) is 13.2 Å². The van der Waals surface area contributed by atoms with E-state index in [-0.39, 0.29) is 12.1 Å². The second kappa shape index (κ2) is 10.7. The van der Waals surface area contributed by atoms with Gasteiger partial charge in [0.15, 0.2) is 0 Å². The van der Waals surface area contributed by atoms with Crippen LogP contribution in [0.15, 0.2) is 79.1 Å². The summed E-state index contributed by atoms with van der Waals surface area (Å²) in [5, 5.41) is 6.89. The minimum atomic E-state index is -4.43. The largest absolute Gasteiger partial charge is 0.433 e. The van der Waals surface area contributed by atoms with Crippen molar-refractivity contribution >= 4 is 0 Å². The van der Waals surface area contributed by atoms with E-state index < -0.39 is 11.9 Å². The summed E-state index contributed by atoms with van der Waals surface area (Å²) in [6.07, 6.45) is -1.83. The van der Waals surface area contributed by atoms with Gasteiger partial charge in [0.1, 0.15) is 5.69 Å². The van der Waals surface area contributed by atoms with Crippen LogP contribution in [0.4, 0.5) is 13.2 Å². The van der Waals surface area contributed by atoms with Gasteiger partial charge in [0.05, 0.1) is 6.04 Å². The Morgan fingerprint density at radius 1 is 0.970 bits per heavy atom. The number of hydrogen-bond acceptors (Lipinski definition) is 3. The highest BCUT2D eigenvalue weighted by atomic mass is 19.4. The molecule has 0 radical (unpaired) electrons. The predicted molar refractivity (Wildman–Crippen MR) is 127 cm³/mol. The molecule has 0 aliphatic carbocycles. The van der Waals surface area contributed by atoms with Crippen LogP contribution in [0.25, 0.3) is 0 Å². The summed E-state index contributed by atoms with van der Waals surface area (Å²) < 4.78 is 38.6. The van der Waals surface area contributed by atoms with E-state index in [0.717, 1.165) is 28.5 Å². The number of pyridine rings is 1. The zero-order chi connectivity index (χ0) is 24.0. The van der Waals surface area contributed by atoms with Crippen LogP contribution in [0.5, 0.6) is 0 Å². The number of halogens is 3.